The van der Waals surface area contributed by atoms with Crippen LogP contribution in [0.3, 0.4) is 0 Å². The lowest BCUT2D eigenvalue weighted by Gasteiger charge is -2.10. The molecule has 3 rings (SSSR count). The Morgan fingerprint density at radius 3 is 2.91 bits per heavy atom. The summed E-state index contributed by atoms with van der Waals surface area (Å²) in [5.74, 6) is 0.900. The molecule has 0 unspecified atom stereocenters. The van der Waals surface area contributed by atoms with Crippen molar-refractivity contribution in [3.63, 3.8) is 0 Å². The molecule has 1 aromatic heterocycles. The number of nitrogens with zero attached hydrogens (tertiary/aromatic N) is 3. The van der Waals surface area contributed by atoms with Crippen LogP contribution < -0.4 is 4.74 Å². The van der Waals surface area contributed by atoms with E-state index in [9.17, 15) is 4.79 Å². The minimum absolute atomic E-state index is 0.126. The highest BCUT2D eigenvalue weighted by atomic mass is 79.9. The normalized spacial score (nSPS) is 14.5. The van der Waals surface area contributed by atoms with Gasteiger partial charge in [-0.15, -0.1) is 5.10 Å². The summed E-state index contributed by atoms with van der Waals surface area (Å²) in [5, 5.41) is 8.41. The lowest BCUT2D eigenvalue weighted by atomic mass is 10.3. The Balaban J connectivity index is 1.74. The second-order valence-electron chi connectivity index (χ2n) is 5.79. The van der Waals surface area contributed by atoms with Gasteiger partial charge in [-0.3, -0.25) is 0 Å². The number of ether oxygens (including phenoxy) is 2. The summed E-state index contributed by atoms with van der Waals surface area (Å²) in [6, 6.07) is 3.74. The highest BCUT2D eigenvalue weighted by molar-refractivity contribution is 9.10. The summed E-state index contributed by atoms with van der Waals surface area (Å²) in [6.07, 6.45) is 2.38. The quantitative estimate of drug-likeness (QED) is 0.734. The zero-order valence-corrected chi connectivity index (χ0v) is 14.2. The average Bonchev–Trinajstić information content (AvgIpc) is 3.17. The highest BCUT2D eigenvalue weighted by Gasteiger charge is 2.24. The fourth-order valence-corrected chi connectivity index (χ4v) is 2.74. The van der Waals surface area contributed by atoms with E-state index in [4.69, 9.17) is 9.47 Å². The minimum Gasteiger partial charge on any atom is -0.481 e. The highest BCUT2D eigenvalue weighted by Crippen LogP contribution is 2.34. The molecular weight excluding hydrogens is 350 g/mol. The molecule has 1 aliphatic rings. The number of benzene rings is 1. The van der Waals surface area contributed by atoms with Crippen LogP contribution in [0.2, 0.25) is 0 Å². The minimum atomic E-state index is -0.389. The largest absolute Gasteiger partial charge is 0.481 e. The number of esters is 1. The van der Waals surface area contributed by atoms with E-state index in [0.29, 0.717) is 10.2 Å². The van der Waals surface area contributed by atoms with Gasteiger partial charge in [0.2, 0.25) is 0 Å². The molecule has 2 aromatic rings. The topological polar surface area (TPSA) is 66.2 Å². The van der Waals surface area contributed by atoms with E-state index in [1.807, 2.05) is 16.8 Å². The predicted molar refractivity (Wildman–Crippen MR) is 84.7 cm³/mol. The monoisotopic (exact) mass is 367 g/mol. The van der Waals surface area contributed by atoms with Crippen LogP contribution in [0.15, 0.2) is 16.6 Å². The van der Waals surface area contributed by atoms with Gasteiger partial charge in [-0.2, -0.15) is 0 Å². The number of rotatable bonds is 6. The van der Waals surface area contributed by atoms with Gasteiger partial charge in [-0.1, -0.05) is 5.21 Å². The van der Waals surface area contributed by atoms with Crippen LogP contribution in [0.4, 0.5) is 0 Å². The second-order valence-corrected chi connectivity index (χ2v) is 6.58. The first-order valence-corrected chi connectivity index (χ1v) is 8.18. The van der Waals surface area contributed by atoms with Gasteiger partial charge in [0.05, 0.1) is 16.1 Å². The first-order valence-electron chi connectivity index (χ1n) is 7.38. The van der Waals surface area contributed by atoms with E-state index < -0.39 is 0 Å². The summed E-state index contributed by atoms with van der Waals surface area (Å²) in [7, 11) is 0. The fraction of sp³-hybridized carbons (Fsp3) is 0.533. The van der Waals surface area contributed by atoms with Crippen molar-refractivity contribution >= 4 is 32.9 Å². The molecule has 7 heteroatoms. The lowest BCUT2D eigenvalue weighted by Crippen LogP contribution is -2.18. The van der Waals surface area contributed by atoms with Crippen molar-refractivity contribution in [3.8, 4) is 5.75 Å². The molecule has 22 heavy (non-hydrogen) atoms. The standard InChI is InChI=1S/C15H18BrN3O3/c1-9(2)22-13(20)8-21-12-6-5-11-15(14(12)16)17-18-19(11)7-10-3-4-10/h5-6,9-10H,3-4,7-8H2,1-2H3. The predicted octanol–water partition coefficient (Wildman–Crippen LogP) is 2.93. The maximum Gasteiger partial charge on any atom is 0.344 e. The van der Waals surface area contributed by atoms with Gasteiger partial charge < -0.3 is 9.47 Å². The SMILES string of the molecule is CC(C)OC(=O)COc1ccc2c(nnn2CC2CC2)c1Br. The first kappa shape index (κ1) is 15.3. The van der Waals surface area contributed by atoms with Crippen molar-refractivity contribution in [2.24, 2.45) is 5.92 Å². The van der Waals surface area contributed by atoms with Crippen LogP contribution in [-0.4, -0.2) is 33.7 Å². The fourth-order valence-electron chi connectivity index (χ4n) is 2.21. The van der Waals surface area contributed by atoms with E-state index in [0.717, 1.165) is 23.5 Å². The van der Waals surface area contributed by atoms with Crippen molar-refractivity contribution in [2.75, 3.05) is 6.61 Å². The van der Waals surface area contributed by atoms with E-state index in [2.05, 4.69) is 26.2 Å². The van der Waals surface area contributed by atoms with Gasteiger partial charge in [0.25, 0.3) is 0 Å². The van der Waals surface area contributed by atoms with Crippen LogP contribution in [-0.2, 0) is 16.1 Å². The summed E-state index contributed by atoms with van der Waals surface area (Å²) < 4.78 is 13.2. The summed E-state index contributed by atoms with van der Waals surface area (Å²) in [6.45, 7) is 4.39. The molecule has 1 aromatic carbocycles. The molecule has 0 N–H and O–H groups in total. The van der Waals surface area contributed by atoms with Crippen molar-refractivity contribution in [2.45, 2.75) is 39.3 Å². The number of fused-ring (bicyclic) bond motifs is 1. The molecule has 0 bridgehead atoms. The Labute approximate surface area is 136 Å². The first-order chi connectivity index (χ1) is 10.5. The third-order valence-corrected chi connectivity index (χ3v) is 4.20. The zero-order chi connectivity index (χ0) is 15.7. The molecule has 0 radical (unpaired) electrons. The molecule has 1 fully saturated rings. The van der Waals surface area contributed by atoms with E-state index in [1.54, 1.807) is 13.8 Å². The molecule has 118 valence electrons. The Morgan fingerprint density at radius 1 is 1.45 bits per heavy atom. The molecule has 0 amide bonds. The number of hydrogen-bond acceptors (Lipinski definition) is 5. The van der Waals surface area contributed by atoms with Crippen LogP contribution >= 0.6 is 15.9 Å². The summed E-state index contributed by atoms with van der Waals surface area (Å²) >= 11 is 3.49. The van der Waals surface area contributed by atoms with Crippen LogP contribution in [0, 0.1) is 5.92 Å². The number of carbonyl (C=O) groups excluding carboxylic acids is 1. The number of aromatic nitrogens is 3. The van der Waals surface area contributed by atoms with Gasteiger partial charge in [0.15, 0.2) is 6.61 Å². The number of halogens is 1. The number of hydrogen-bond donors (Lipinski definition) is 0. The van der Waals surface area contributed by atoms with Crippen molar-refractivity contribution < 1.29 is 14.3 Å². The van der Waals surface area contributed by atoms with Gasteiger partial charge in [-0.05, 0) is 60.7 Å². The maximum absolute atomic E-state index is 11.5. The third kappa shape index (κ3) is 3.40. The second kappa shape index (κ2) is 6.24. The molecule has 0 spiro atoms. The lowest BCUT2D eigenvalue weighted by molar-refractivity contribution is -0.149. The smallest absolute Gasteiger partial charge is 0.344 e. The van der Waals surface area contributed by atoms with Crippen LogP contribution in [0.1, 0.15) is 26.7 Å². The molecule has 6 nitrogen and oxygen atoms in total. The maximum atomic E-state index is 11.5. The molecule has 0 atom stereocenters. The molecule has 1 saturated carbocycles. The third-order valence-electron chi connectivity index (χ3n) is 3.43. The van der Waals surface area contributed by atoms with Gasteiger partial charge in [-0.25, -0.2) is 9.48 Å². The molecule has 0 aliphatic heterocycles. The molecule has 1 aliphatic carbocycles. The Bertz CT molecular complexity index is 695. The van der Waals surface area contributed by atoms with E-state index in [1.165, 1.54) is 12.8 Å². The van der Waals surface area contributed by atoms with Crippen molar-refractivity contribution in [3.05, 3.63) is 16.6 Å². The average molecular weight is 368 g/mol. The zero-order valence-electron chi connectivity index (χ0n) is 12.6. The Kier molecular flexibility index (Phi) is 4.33. The Hall–Kier alpha value is -1.63. The van der Waals surface area contributed by atoms with Crippen molar-refractivity contribution in [1.82, 2.24) is 15.0 Å². The number of carbonyl (C=O) groups is 1. The van der Waals surface area contributed by atoms with Crippen LogP contribution in [0.5, 0.6) is 5.75 Å². The van der Waals surface area contributed by atoms with E-state index >= 15 is 0 Å². The Morgan fingerprint density at radius 2 is 2.23 bits per heavy atom. The van der Waals surface area contributed by atoms with Crippen LogP contribution in [0.25, 0.3) is 11.0 Å². The van der Waals surface area contributed by atoms with Gasteiger partial charge in [0.1, 0.15) is 11.3 Å². The summed E-state index contributed by atoms with van der Waals surface area (Å²) in [5.41, 5.74) is 1.71. The summed E-state index contributed by atoms with van der Waals surface area (Å²) in [4.78, 5) is 11.5. The van der Waals surface area contributed by atoms with Crippen molar-refractivity contribution in [1.29, 1.82) is 0 Å². The van der Waals surface area contributed by atoms with E-state index in [-0.39, 0.29) is 18.7 Å². The molecular formula is C15H18BrN3O3. The molecule has 1 heterocycles. The van der Waals surface area contributed by atoms with Gasteiger partial charge >= 0.3 is 5.97 Å². The molecule has 0 saturated heterocycles. The van der Waals surface area contributed by atoms with Gasteiger partial charge in [0, 0.05) is 6.54 Å².